The second-order valence-corrected chi connectivity index (χ2v) is 6.28. The molecule has 5 nitrogen and oxygen atoms in total. The van der Waals surface area contributed by atoms with Crippen molar-refractivity contribution in [1.82, 2.24) is 14.7 Å². The first-order chi connectivity index (χ1) is 10.9. The minimum Gasteiger partial charge on any atom is -0.378 e. The van der Waals surface area contributed by atoms with E-state index in [4.69, 9.17) is 4.74 Å². The predicted octanol–water partition coefficient (Wildman–Crippen LogP) is 1.86. The quantitative estimate of drug-likeness (QED) is 0.939. The maximum absolute atomic E-state index is 5.85. The zero-order chi connectivity index (χ0) is 14.8. The zero-order valence-electron chi connectivity index (χ0n) is 13.0. The number of hydrogen-bond acceptors (Lipinski definition) is 4. The van der Waals surface area contributed by atoms with Gasteiger partial charge in [-0.25, -0.2) is 4.98 Å². The molecule has 0 aliphatic carbocycles. The summed E-state index contributed by atoms with van der Waals surface area (Å²) < 4.78 is 8.06. The van der Waals surface area contributed by atoms with Gasteiger partial charge in [0, 0.05) is 51.1 Å². The maximum atomic E-state index is 5.85. The topological polar surface area (TPSA) is 41.8 Å². The molecule has 2 aromatic rings. The van der Waals surface area contributed by atoms with Crippen molar-refractivity contribution < 1.29 is 4.74 Å². The van der Waals surface area contributed by atoms with Crippen LogP contribution in [0.2, 0.25) is 0 Å². The third-order valence-electron chi connectivity index (χ3n) is 4.76. The van der Waals surface area contributed by atoms with Gasteiger partial charge in [0.1, 0.15) is 5.82 Å². The molecular weight excluding hydrogens is 276 g/mol. The van der Waals surface area contributed by atoms with Gasteiger partial charge in [0.2, 0.25) is 0 Å². The molecule has 1 N–H and O–H groups in total. The molecule has 4 heterocycles. The summed E-state index contributed by atoms with van der Waals surface area (Å²) in [5.41, 5.74) is 2.48. The monoisotopic (exact) mass is 300 g/mol. The van der Waals surface area contributed by atoms with E-state index in [-0.39, 0.29) is 0 Å². The summed E-state index contributed by atoms with van der Waals surface area (Å²) in [6, 6.07) is 4.47. The molecule has 0 aromatic carbocycles. The number of imidazole rings is 1. The Morgan fingerprint density at radius 1 is 1.27 bits per heavy atom. The van der Waals surface area contributed by atoms with Crippen LogP contribution in [-0.4, -0.2) is 48.3 Å². The molecule has 1 unspecified atom stereocenters. The highest BCUT2D eigenvalue weighted by molar-refractivity contribution is 5.59. The molecule has 4 rings (SSSR count). The highest BCUT2D eigenvalue weighted by Gasteiger charge is 2.17. The van der Waals surface area contributed by atoms with Gasteiger partial charge in [0.25, 0.3) is 0 Å². The van der Waals surface area contributed by atoms with E-state index < -0.39 is 0 Å². The van der Waals surface area contributed by atoms with Gasteiger partial charge >= 0.3 is 0 Å². The summed E-state index contributed by atoms with van der Waals surface area (Å²) in [7, 11) is 0. The van der Waals surface area contributed by atoms with Crippen LogP contribution >= 0.6 is 0 Å². The van der Waals surface area contributed by atoms with E-state index in [9.17, 15) is 0 Å². The SMILES string of the molecule is c1cn2c(CC3CCCCO3)ncc2cc1N1CCNCC1. The predicted molar refractivity (Wildman–Crippen MR) is 87.6 cm³/mol. The first kappa shape index (κ1) is 14.0. The van der Waals surface area contributed by atoms with E-state index in [2.05, 4.69) is 37.9 Å². The number of hydrogen-bond donors (Lipinski definition) is 1. The summed E-state index contributed by atoms with van der Waals surface area (Å²) in [5.74, 6) is 1.12. The van der Waals surface area contributed by atoms with Gasteiger partial charge in [-0.15, -0.1) is 0 Å². The van der Waals surface area contributed by atoms with Crippen LogP contribution in [0.3, 0.4) is 0 Å². The molecule has 2 aromatic heterocycles. The van der Waals surface area contributed by atoms with Crippen LogP contribution in [0.5, 0.6) is 0 Å². The molecule has 5 heteroatoms. The molecule has 2 fully saturated rings. The van der Waals surface area contributed by atoms with Gasteiger partial charge in [-0.05, 0) is 31.4 Å². The molecule has 22 heavy (non-hydrogen) atoms. The Labute approximate surface area is 131 Å². The maximum Gasteiger partial charge on any atom is 0.115 e. The molecular formula is C17H24N4O. The highest BCUT2D eigenvalue weighted by Crippen LogP contribution is 2.21. The minimum atomic E-state index is 0.340. The van der Waals surface area contributed by atoms with Gasteiger partial charge in [0.15, 0.2) is 0 Å². The lowest BCUT2D eigenvalue weighted by Gasteiger charge is -2.29. The van der Waals surface area contributed by atoms with Crippen molar-refractivity contribution in [1.29, 1.82) is 0 Å². The van der Waals surface area contributed by atoms with Crippen molar-refractivity contribution in [2.24, 2.45) is 0 Å². The first-order valence-corrected chi connectivity index (χ1v) is 8.43. The van der Waals surface area contributed by atoms with Crippen molar-refractivity contribution in [3.8, 4) is 0 Å². The summed E-state index contributed by atoms with van der Waals surface area (Å²) in [4.78, 5) is 7.07. The van der Waals surface area contributed by atoms with Crippen LogP contribution in [0, 0.1) is 0 Å². The van der Waals surface area contributed by atoms with Gasteiger partial charge in [-0.2, -0.15) is 0 Å². The molecule has 0 radical (unpaired) electrons. The Bertz CT molecular complexity index is 627. The van der Waals surface area contributed by atoms with E-state index in [1.165, 1.54) is 24.0 Å². The molecule has 118 valence electrons. The lowest BCUT2D eigenvalue weighted by Crippen LogP contribution is -2.43. The van der Waals surface area contributed by atoms with Gasteiger partial charge < -0.3 is 19.4 Å². The number of nitrogens with zero attached hydrogens (tertiary/aromatic N) is 3. The summed E-state index contributed by atoms with van der Waals surface area (Å²) in [5, 5.41) is 3.40. The fraction of sp³-hybridized carbons (Fsp3) is 0.588. The Morgan fingerprint density at radius 2 is 2.18 bits per heavy atom. The van der Waals surface area contributed by atoms with Crippen molar-refractivity contribution >= 4 is 11.2 Å². The summed E-state index contributed by atoms with van der Waals surface area (Å²) in [6.07, 6.45) is 9.05. The van der Waals surface area contributed by atoms with Crippen LogP contribution < -0.4 is 10.2 Å². The Morgan fingerprint density at radius 3 is 3.00 bits per heavy atom. The van der Waals surface area contributed by atoms with Gasteiger partial charge in [-0.3, -0.25) is 0 Å². The van der Waals surface area contributed by atoms with Crippen molar-refractivity contribution in [3.05, 3.63) is 30.4 Å². The zero-order valence-corrected chi connectivity index (χ0v) is 13.0. The van der Waals surface area contributed by atoms with E-state index in [1.807, 2.05) is 6.20 Å². The van der Waals surface area contributed by atoms with Crippen molar-refractivity contribution in [2.75, 3.05) is 37.7 Å². The van der Waals surface area contributed by atoms with E-state index in [0.29, 0.717) is 6.10 Å². The average molecular weight is 300 g/mol. The highest BCUT2D eigenvalue weighted by atomic mass is 16.5. The lowest BCUT2D eigenvalue weighted by molar-refractivity contribution is 0.0156. The van der Waals surface area contributed by atoms with Crippen LogP contribution in [0.25, 0.3) is 5.52 Å². The van der Waals surface area contributed by atoms with E-state index in [0.717, 1.165) is 51.5 Å². The van der Waals surface area contributed by atoms with Gasteiger partial charge in [0.05, 0.1) is 17.8 Å². The van der Waals surface area contributed by atoms with Crippen molar-refractivity contribution in [2.45, 2.75) is 31.8 Å². The number of piperazine rings is 1. The fourth-order valence-corrected chi connectivity index (χ4v) is 3.49. The van der Waals surface area contributed by atoms with Crippen LogP contribution in [-0.2, 0) is 11.2 Å². The number of rotatable bonds is 3. The van der Waals surface area contributed by atoms with Crippen molar-refractivity contribution in [3.63, 3.8) is 0 Å². The van der Waals surface area contributed by atoms with Crippen LogP contribution in [0.4, 0.5) is 5.69 Å². The third kappa shape index (κ3) is 2.83. The standard InChI is InChI=1S/C17H24N4O/c1-2-10-22-16(3-1)12-17-19-13-15-11-14(4-7-21(15)17)20-8-5-18-6-9-20/h4,7,11,13,16,18H,1-3,5-6,8-10,12H2. The first-order valence-electron chi connectivity index (χ1n) is 8.43. The van der Waals surface area contributed by atoms with E-state index >= 15 is 0 Å². The number of ether oxygens (including phenoxy) is 1. The van der Waals surface area contributed by atoms with Crippen LogP contribution in [0.1, 0.15) is 25.1 Å². The molecule has 0 saturated carbocycles. The number of pyridine rings is 1. The summed E-state index contributed by atoms with van der Waals surface area (Å²) in [6.45, 7) is 5.19. The summed E-state index contributed by atoms with van der Waals surface area (Å²) >= 11 is 0. The normalized spacial score (nSPS) is 23.1. The van der Waals surface area contributed by atoms with Gasteiger partial charge in [-0.1, -0.05) is 0 Å². The Kier molecular flexibility index (Phi) is 3.99. The Hall–Kier alpha value is -1.59. The van der Waals surface area contributed by atoms with E-state index in [1.54, 1.807) is 0 Å². The number of aromatic nitrogens is 2. The number of fused-ring (bicyclic) bond motifs is 1. The molecule has 0 bridgehead atoms. The molecule has 0 amide bonds. The second-order valence-electron chi connectivity index (χ2n) is 6.28. The largest absolute Gasteiger partial charge is 0.378 e. The number of anilines is 1. The lowest BCUT2D eigenvalue weighted by atomic mass is 10.1. The average Bonchev–Trinajstić information content (AvgIpc) is 2.99. The second kappa shape index (κ2) is 6.26. The third-order valence-corrected chi connectivity index (χ3v) is 4.76. The Balaban J connectivity index is 1.54. The fourth-order valence-electron chi connectivity index (χ4n) is 3.49. The molecule has 1 atom stereocenters. The molecule has 0 spiro atoms. The smallest absolute Gasteiger partial charge is 0.115 e. The molecule has 2 aliphatic rings. The van der Waals surface area contributed by atoms with Crippen LogP contribution in [0.15, 0.2) is 24.5 Å². The minimum absolute atomic E-state index is 0.340. The molecule has 2 aliphatic heterocycles. The number of nitrogens with one attached hydrogen (secondary N) is 1. The molecule has 2 saturated heterocycles.